The van der Waals surface area contributed by atoms with E-state index in [1.54, 1.807) is 41.2 Å². The van der Waals surface area contributed by atoms with Crippen molar-refractivity contribution in [3.05, 3.63) is 77.1 Å². The number of nitrogens with one attached hydrogen (secondary N) is 3. The maximum absolute atomic E-state index is 12.4. The second kappa shape index (κ2) is 8.38. The highest BCUT2D eigenvalue weighted by Crippen LogP contribution is 2.20. The van der Waals surface area contributed by atoms with Crippen LogP contribution in [0.2, 0.25) is 5.02 Å². The standard InChI is InChI=1S/C21H18ClN5O3/c22-16-7-3-1-5-13(16)11-27-12-14(10-23-27)24-19(28)9-18-21(30)25-17-8-4-2-6-15(17)20(29)26-18/h1-8,10,12,18H,9,11H2,(H,24,28)(H,25,30)(H,26,29)/t18-/m1/s1. The molecule has 2 aromatic carbocycles. The lowest BCUT2D eigenvalue weighted by Crippen LogP contribution is -2.43. The average Bonchev–Trinajstić information content (AvgIpc) is 3.11. The van der Waals surface area contributed by atoms with Crippen molar-refractivity contribution in [2.45, 2.75) is 19.0 Å². The van der Waals surface area contributed by atoms with Crippen molar-refractivity contribution in [3.8, 4) is 0 Å². The number of amides is 3. The van der Waals surface area contributed by atoms with Gasteiger partial charge in [-0.3, -0.25) is 19.1 Å². The number of para-hydroxylation sites is 1. The van der Waals surface area contributed by atoms with Gasteiger partial charge in [-0.2, -0.15) is 5.10 Å². The second-order valence-electron chi connectivity index (χ2n) is 6.83. The van der Waals surface area contributed by atoms with Crippen LogP contribution in [0.4, 0.5) is 11.4 Å². The van der Waals surface area contributed by atoms with Crippen molar-refractivity contribution >= 4 is 40.7 Å². The topological polar surface area (TPSA) is 105 Å². The van der Waals surface area contributed by atoms with Crippen LogP contribution in [-0.4, -0.2) is 33.5 Å². The van der Waals surface area contributed by atoms with Crippen molar-refractivity contribution in [3.63, 3.8) is 0 Å². The van der Waals surface area contributed by atoms with Gasteiger partial charge in [-0.25, -0.2) is 0 Å². The molecular weight excluding hydrogens is 406 g/mol. The van der Waals surface area contributed by atoms with E-state index < -0.39 is 23.8 Å². The van der Waals surface area contributed by atoms with Gasteiger partial charge in [-0.1, -0.05) is 41.9 Å². The highest BCUT2D eigenvalue weighted by atomic mass is 35.5. The Morgan fingerprint density at radius 3 is 2.73 bits per heavy atom. The molecular formula is C21H18ClN5O3. The summed E-state index contributed by atoms with van der Waals surface area (Å²) < 4.78 is 1.65. The van der Waals surface area contributed by atoms with Crippen LogP contribution in [0.15, 0.2) is 60.9 Å². The van der Waals surface area contributed by atoms with Gasteiger partial charge in [0.1, 0.15) is 6.04 Å². The van der Waals surface area contributed by atoms with Gasteiger partial charge in [0, 0.05) is 11.2 Å². The number of benzene rings is 2. The van der Waals surface area contributed by atoms with E-state index in [9.17, 15) is 14.4 Å². The van der Waals surface area contributed by atoms with E-state index in [-0.39, 0.29) is 6.42 Å². The van der Waals surface area contributed by atoms with Crippen molar-refractivity contribution in [1.82, 2.24) is 15.1 Å². The molecule has 3 amide bonds. The van der Waals surface area contributed by atoms with Gasteiger partial charge in [0.25, 0.3) is 5.91 Å². The molecule has 0 unspecified atom stereocenters. The van der Waals surface area contributed by atoms with Crippen LogP contribution in [0.1, 0.15) is 22.3 Å². The largest absolute Gasteiger partial charge is 0.340 e. The van der Waals surface area contributed by atoms with E-state index in [0.29, 0.717) is 28.5 Å². The molecule has 3 aromatic rings. The maximum atomic E-state index is 12.4. The third kappa shape index (κ3) is 4.33. The number of anilines is 2. The first-order valence-corrected chi connectivity index (χ1v) is 9.64. The van der Waals surface area contributed by atoms with Crippen LogP contribution < -0.4 is 16.0 Å². The number of rotatable bonds is 5. The molecule has 4 rings (SSSR count). The molecule has 3 N–H and O–H groups in total. The number of carbonyl (C=O) groups is 3. The summed E-state index contributed by atoms with van der Waals surface area (Å²) in [6, 6.07) is 13.1. The van der Waals surface area contributed by atoms with Gasteiger partial charge in [0.05, 0.1) is 36.1 Å². The summed E-state index contributed by atoms with van der Waals surface area (Å²) in [5.74, 6) is -1.27. The van der Waals surface area contributed by atoms with Crippen LogP contribution >= 0.6 is 11.6 Å². The Hall–Kier alpha value is -3.65. The zero-order valence-corrected chi connectivity index (χ0v) is 16.5. The fraction of sp³-hybridized carbons (Fsp3) is 0.143. The van der Waals surface area contributed by atoms with Crippen LogP contribution in [0, 0.1) is 0 Å². The molecule has 1 aliphatic heterocycles. The van der Waals surface area contributed by atoms with E-state index >= 15 is 0 Å². The van der Waals surface area contributed by atoms with Gasteiger partial charge in [-0.05, 0) is 23.8 Å². The highest BCUT2D eigenvalue weighted by Gasteiger charge is 2.29. The lowest BCUT2D eigenvalue weighted by Gasteiger charge is -2.13. The Morgan fingerprint density at radius 1 is 1.13 bits per heavy atom. The van der Waals surface area contributed by atoms with Gasteiger partial charge in [-0.15, -0.1) is 0 Å². The van der Waals surface area contributed by atoms with Crippen LogP contribution in [-0.2, 0) is 16.1 Å². The first-order valence-electron chi connectivity index (χ1n) is 9.26. The minimum absolute atomic E-state index is 0.207. The van der Waals surface area contributed by atoms with E-state index in [2.05, 4.69) is 21.0 Å². The molecule has 0 bridgehead atoms. The minimum atomic E-state index is -0.983. The predicted octanol–water partition coefficient (Wildman–Crippen LogP) is 2.66. The number of hydrogen-bond donors (Lipinski definition) is 3. The number of nitrogens with zero attached hydrogens (tertiary/aromatic N) is 2. The number of hydrogen-bond acceptors (Lipinski definition) is 4. The molecule has 152 valence electrons. The van der Waals surface area contributed by atoms with Crippen LogP contribution in [0.5, 0.6) is 0 Å². The molecule has 0 saturated carbocycles. The van der Waals surface area contributed by atoms with Crippen molar-refractivity contribution < 1.29 is 14.4 Å². The van der Waals surface area contributed by atoms with Gasteiger partial charge in [0.2, 0.25) is 11.8 Å². The maximum Gasteiger partial charge on any atom is 0.254 e. The molecule has 0 radical (unpaired) electrons. The summed E-state index contributed by atoms with van der Waals surface area (Å²) in [4.78, 5) is 37.2. The van der Waals surface area contributed by atoms with Crippen molar-refractivity contribution in [2.75, 3.05) is 10.6 Å². The van der Waals surface area contributed by atoms with Gasteiger partial charge < -0.3 is 16.0 Å². The quantitative estimate of drug-likeness (QED) is 0.586. The summed E-state index contributed by atoms with van der Waals surface area (Å²) in [5.41, 5.74) is 2.16. The Kier molecular flexibility index (Phi) is 5.49. The zero-order chi connectivity index (χ0) is 21.1. The summed E-state index contributed by atoms with van der Waals surface area (Å²) in [7, 11) is 0. The Balaban J connectivity index is 1.38. The number of aromatic nitrogens is 2. The lowest BCUT2D eigenvalue weighted by atomic mass is 10.1. The van der Waals surface area contributed by atoms with E-state index in [1.165, 1.54) is 6.20 Å². The molecule has 1 aliphatic rings. The van der Waals surface area contributed by atoms with E-state index in [4.69, 9.17) is 11.6 Å². The molecule has 0 saturated heterocycles. The molecule has 1 atom stereocenters. The normalized spacial score (nSPS) is 15.6. The molecule has 30 heavy (non-hydrogen) atoms. The van der Waals surface area contributed by atoms with E-state index in [0.717, 1.165) is 5.56 Å². The summed E-state index contributed by atoms with van der Waals surface area (Å²) in [6.07, 6.45) is 2.97. The third-order valence-electron chi connectivity index (χ3n) is 4.65. The van der Waals surface area contributed by atoms with Crippen LogP contribution in [0.25, 0.3) is 0 Å². The van der Waals surface area contributed by atoms with Crippen molar-refractivity contribution in [2.24, 2.45) is 0 Å². The Labute approximate surface area is 177 Å². The Morgan fingerprint density at radius 2 is 1.90 bits per heavy atom. The fourth-order valence-electron chi connectivity index (χ4n) is 3.17. The SMILES string of the molecule is O=C(C[C@H]1NC(=O)c2ccccc2NC1=O)Nc1cnn(Cc2ccccc2Cl)c1. The first-order chi connectivity index (χ1) is 14.5. The summed E-state index contributed by atoms with van der Waals surface area (Å²) >= 11 is 6.16. The number of fused-ring (bicyclic) bond motifs is 1. The number of halogens is 1. The predicted molar refractivity (Wildman–Crippen MR) is 112 cm³/mol. The molecule has 9 heteroatoms. The molecule has 2 heterocycles. The van der Waals surface area contributed by atoms with Crippen molar-refractivity contribution in [1.29, 1.82) is 0 Å². The van der Waals surface area contributed by atoms with Gasteiger partial charge in [0.15, 0.2) is 0 Å². The summed E-state index contributed by atoms with van der Waals surface area (Å²) in [5, 5.41) is 12.8. The van der Waals surface area contributed by atoms with E-state index in [1.807, 2.05) is 18.2 Å². The first kappa shape index (κ1) is 19.7. The average molecular weight is 424 g/mol. The molecule has 0 fully saturated rings. The highest BCUT2D eigenvalue weighted by molar-refractivity contribution is 6.31. The molecule has 8 nitrogen and oxygen atoms in total. The Bertz CT molecular complexity index is 1130. The fourth-order valence-corrected chi connectivity index (χ4v) is 3.36. The number of carbonyl (C=O) groups excluding carboxylic acids is 3. The second-order valence-corrected chi connectivity index (χ2v) is 7.24. The molecule has 1 aromatic heterocycles. The molecule has 0 aliphatic carbocycles. The summed E-state index contributed by atoms with van der Waals surface area (Å²) in [6.45, 7) is 0.453. The smallest absolute Gasteiger partial charge is 0.254 e. The lowest BCUT2D eigenvalue weighted by molar-refractivity contribution is -0.122. The monoisotopic (exact) mass is 423 g/mol. The van der Waals surface area contributed by atoms with Gasteiger partial charge >= 0.3 is 0 Å². The van der Waals surface area contributed by atoms with Crippen LogP contribution in [0.3, 0.4) is 0 Å². The zero-order valence-electron chi connectivity index (χ0n) is 15.8. The third-order valence-corrected chi connectivity index (χ3v) is 5.02. The molecule has 0 spiro atoms. The minimum Gasteiger partial charge on any atom is -0.340 e.